The average molecular weight is 608 g/mol. The Morgan fingerprint density at radius 3 is 2.32 bits per heavy atom. The number of aliphatic carboxylic acids is 1. The van der Waals surface area contributed by atoms with Crippen molar-refractivity contribution in [1.82, 2.24) is 0 Å². The number of para-hydroxylation sites is 1. The zero-order valence-corrected chi connectivity index (χ0v) is 23.9. The van der Waals surface area contributed by atoms with Crippen LogP contribution in [0.2, 0.25) is 0 Å². The first-order valence-electron chi connectivity index (χ1n) is 12.9. The number of allylic oxidation sites excluding steroid dienone is 3. The average Bonchev–Trinajstić information content (AvgIpc) is 3.10. The maximum Gasteiger partial charge on any atom is 0.303 e. The molecule has 1 aliphatic rings. The van der Waals surface area contributed by atoms with Crippen molar-refractivity contribution >= 4 is 43.3 Å². The molecule has 2 aromatic carbocycles. The van der Waals surface area contributed by atoms with Gasteiger partial charge in [-0.2, -0.15) is 21.4 Å². The summed E-state index contributed by atoms with van der Waals surface area (Å²) in [6.07, 6.45) is 9.55. The molecule has 224 valence electrons. The molecule has 1 heterocycles. The van der Waals surface area contributed by atoms with E-state index < -0.39 is 37.4 Å². The number of nitrogens with zero attached hydrogens (tertiary/aromatic N) is 1. The van der Waals surface area contributed by atoms with E-state index in [9.17, 15) is 30.7 Å². The third-order valence-electron chi connectivity index (χ3n) is 6.84. The molecule has 0 amide bonds. The van der Waals surface area contributed by atoms with E-state index in [1.807, 2.05) is 54.0 Å². The number of rotatable bonds is 15. The van der Waals surface area contributed by atoms with Crippen LogP contribution in [-0.4, -0.2) is 59.6 Å². The fourth-order valence-corrected chi connectivity index (χ4v) is 5.92. The molecule has 0 bridgehead atoms. The number of hydrogen-bond donors (Lipinski definition) is 4. The quantitative estimate of drug-likeness (QED) is 0.0896. The van der Waals surface area contributed by atoms with Gasteiger partial charge in [-0.05, 0) is 62.9 Å². The van der Waals surface area contributed by atoms with E-state index in [2.05, 4.69) is 5.32 Å². The molecular weight excluding hydrogens is 568 g/mol. The molecule has 0 aromatic heterocycles. The highest BCUT2D eigenvalue weighted by Crippen LogP contribution is 2.44. The van der Waals surface area contributed by atoms with Crippen LogP contribution in [0.15, 0.2) is 77.9 Å². The smallest absolute Gasteiger partial charge is 0.303 e. The summed E-state index contributed by atoms with van der Waals surface area (Å²) < 4.78 is 67.9. The van der Waals surface area contributed by atoms with Crippen LogP contribution in [0.1, 0.15) is 58.4 Å². The van der Waals surface area contributed by atoms with E-state index in [1.54, 1.807) is 18.3 Å². The summed E-state index contributed by atoms with van der Waals surface area (Å²) in [5.41, 5.74) is 2.16. The first-order valence-corrected chi connectivity index (χ1v) is 15.9. The van der Waals surface area contributed by atoms with Gasteiger partial charge in [-0.1, -0.05) is 31.7 Å². The molecule has 2 aromatic rings. The molecule has 10 nitrogen and oxygen atoms in total. The Labute approximate surface area is 242 Å². The predicted molar refractivity (Wildman–Crippen MR) is 160 cm³/mol. The minimum absolute atomic E-state index is 0. The van der Waals surface area contributed by atoms with Gasteiger partial charge in [0.05, 0.1) is 16.1 Å². The van der Waals surface area contributed by atoms with Gasteiger partial charge in [0.2, 0.25) is 5.69 Å². The number of carbonyl (C=O) groups is 1. The van der Waals surface area contributed by atoms with Crippen LogP contribution in [0.5, 0.6) is 0 Å². The molecule has 0 spiro atoms. The molecule has 1 atom stereocenters. The van der Waals surface area contributed by atoms with Crippen molar-refractivity contribution in [3.63, 3.8) is 0 Å². The number of carboxylic acid groups (broad SMARTS) is 1. The molecule has 4 N–H and O–H groups in total. The van der Waals surface area contributed by atoms with Crippen molar-refractivity contribution in [2.24, 2.45) is 0 Å². The minimum Gasteiger partial charge on any atom is -0.481 e. The van der Waals surface area contributed by atoms with Gasteiger partial charge in [-0.25, -0.2) is 0 Å². The van der Waals surface area contributed by atoms with Crippen molar-refractivity contribution in [3.05, 3.63) is 78.5 Å². The third-order valence-corrected chi connectivity index (χ3v) is 8.50. The predicted octanol–water partition coefficient (Wildman–Crippen LogP) is 5.42. The van der Waals surface area contributed by atoms with E-state index in [0.717, 1.165) is 11.4 Å². The fourth-order valence-electron chi connectivity index (χ4n) is 4.91. The minimum atomic E-state index is -4.49. The van der Waals surface area contributed by atoms with Gasteiger partial charge in [0.25, 0.3) is 20.2 Å². The summed E-state index contributed by atoms with van der Waals surface area (Å²) in [5.74, 6) is -1.31. The van der Waals surface area contributed by atoms with E-state index in [0.29, 0.717) is 37.1 Å². The van der Waals surface area contributed by atoms with Crippen molar-refractivity contribution in [1.29, 1.82) is 0 Å². The van der Waals surface area contributed by atoms with Gasteiger partial charge in [0, 0.05) is 42.4 Å². The molecule has 41 heavy (non-hydrogen) atoms. The number of hydrogen-bond acceptors (Lipinski definition) is 6. The van der Waals surface area contributed by atoms with Gasteiger partial charge in [0.1, 0.15) is 6.54 Å². The van der Waals surface area contributed by atoms with E-state index in [-0.39, 0.29) is 31.6 Å². The van der Waals surface area contributed by atoms with Crippen molar-refractivity contribution in [2.45, 2.75) is 63.2 Å². The first kappa shape index (κ1) is 33.9. The van der Waals surface area contributed by atoms with Crippen LogP contribution in [0.4, 0.5) is 11.4 Å². The SMILES string of the molecule is C.CC1(CCCS(=O)(=O)O)C(/C=C/C=C/Nc2ccccc2)=[N+](CCCCCC(=O)O)c2ccc(S(=O)(=O)O)cc21. The Morgan fingerprint density at radius 1 is 0.976 bits per heavy atom. The maximum absolute atomic E-state index is 12.0. The Hall–Kier alpha value is -3.32. The first-order chi connectivity index (χ1) is 18.8. The summed E-state index contributed by atoms with van der Waals surface area (Å²) in [5, 5.41) is 12.1. The molecule has 3 rings (SSSR count). The number of benzene rings is 2. The van der Waals surface area contributed by atoms with Crippen LogP contribution >= 0.6 is 0 Å². The van der Waals surface area contributed by atoms with E-state index in [4.69, 9.17) is 5.11 Å². The Balaban J connectivity index is 0.00000588. The molecule has 0 saturated carbocycles. The highest BCUT2D eigenvalue weighted by molar-refractivity contribution is 7.86. The second-order valence-electron chi connectivity index (χ2n) is 9.85. The summed E-state index contributed by atoms with van der Waals surface area (Å²) in [6, 6.07) is 13.9. The zero-order valence-electron chi connectivity index (χ0n) is 22.2. The third kappa shape index (κ3) is 9.63. The summed E-state index contributed by atoms with van der Waals surface area (Å²) in [7, 11) is -8.70. The van der Waals surface area contributed by atoms with Gasteiger partial charge in [0.15, 0.2) is 5.71 Å². The second kappa shape index (κ2) is 14.5. The standard InChI is InChI=1S/C28H34N2O8S2.CH4/c1-28(17-10-20-39(33,34)35)24-21-23(40(36,37)38)15-16-25(24)30(19-9-3-6-14-27(31)32)26(28)13-7-8-18-29-22-11-4-2-5-12-22;/h2,4-5,7-8,11-13,15-16,18,21H,3,6,9-10,14,17,19-20H2,1H3,(H3,31,32,33,34,35,36,37,38);1H4/p+1. The molecule has 0 saturated heterocycles. The van der Waals surface area contributed by atoms with Crippen LogP contribution in [0.3, 0.4) is 0 Å². The number of unbranched alkanes of at least 4 members (excludes halogenated alkanes) is 2. The molecule has 0 aliphatic carbocycles. The van der Waals surface area contributed by atoms with Crippen molar-refractivity contribution in [2.75, 3.05) is 17.6 Å². The Morgan fingerprint density at radius 2 is 1.68 bits per heavy atom. The van der Waals surface area contributed by atoms with Crippen LogP contribution < -0.4 is 5.32 Å². The second-order valence-corrected chi connectivity index (χ2v) is 12.8. The largest absolute Gasteiger partial charge is 0.481 e. The lowest BCUT2D eigenvalue weighted by Gasteiger charge is -2.22. The van der Waals surface area contributed by atoms with Gasteiger partial charge >= 0.3 is 5.97 Å². The monoisotopic (exact) mass is 607 g/mol. The Kier molecular flexibility index (Phi) is 12.0. The lowest BCUT2D eigenvalue weighted by Crippen LogP contribution is -2.32. The molecule has 1 unspecified atom stereocenters. The molecule has 0 fully saturated rings. The number of fused-ring (bicyclic) bond motifs is 1. The van der Waals surface area contributed by atoms with E-state index >= 15 is 0 Å². The van der Waals surface area contributed by atoms with Crippen molar-refractivity contribution in [3.8, 4) is 0 Å². The molecular formula is C29H39N2O8S2+. The molecule has 12 heteroatoms. The molecule has 1 aliphatic heterocycles. The number of carboxylic acids is 1. The zero-order chi connectivity index (χ0) is 29.4. The highest BCUT2D eigenvalue weighted by Gasteiger charge is 2.47. The molecule has 0 radical (unpaired) electrons. The fraction of sp³-hybridized carbons (Fsp3) is 0.379. The lowest BCUT2D eigenvalue weighted by atomic mass is 9.76. The maximum atomic E-state index is 12.0. The lowest BCUT2D eigenvalue weighted by molar-refractivity contribution is -0.438. The van der Waals surface area contributed by atoms with E-state index in [1.165, 1.54) is 12.1 Å². The topological polar surface area (TPSA) is 161 Å². The summed E-state index contributed by atoms with van der Waals surface area (Å²) >= 11 is 0. The number of nitrogens with one attached hydrogen (secondary N) is 1. The van der Waals surface area contributed by atoms with Crippen molar-refractivity contribution < 1.29 is 40.4 Å². The summed E-state index contributed by atoms with van der Waals surface area (Å²) in [6.45, 7) is 2.39. The normalized spacial score (nSPS) is 17.1. The van der Waals surface area contributed by atoms with Crippen LogP contribution in [-0.2, 0) is 30.4 Å². The van der Waals surface area contributed by atoms with Crippen LogP contribution in [0.25, 0.3) is 0 Å². The van der Waals surface area contributed by atoms with Gasteiger partial charge < -0.3 is 10.4 Å². The summed E-state index contributed by atoms with van der Waals surface area (Å²) in [4.78, 5) is 10.6. The van der Waals surface area contributed by atoms with Gasteiger partial charge in [-0.3, -0.25) is 13.9 Å². The Bertz CT molecular complexity index is 1520. The number of anilines is 1. The van der Waals surface area contributed by atoms with Crippen LogP contribution in [0, 0.1) is 0 Å². The van der Waals surface area contributed by atoms with Gasteiger partial charge in [-0.15, -0.1) is 0 Å². The highest BCUT2D eigenvalue weighted by atomic mass is 32.2.